The fourth-order valence-electron chi connectivity index (χ4n) is 4.43. The summed E-state index contributed by atoms with van der Waals surface area (Å²) in [5.41, 5.74) is 6.47. The number of nitrogens with two attached hydrogens (primary N) is 1. The van der Waals surface area contributed by atoms with Gasteiger partial charge in [-0.05, 0) is 50.4 Å². The number of hydrogen-bond acceptors (Lipinski definition) is 2. The Hall–Kier alpha value is -0.0800. The monoisotopic (exact) mass is 250 g/mol. The fourth-order valence-corrected chi connectivity index (χ4v) is 4.43. The summed E-state index contributed by atoms with van der Waals surface area (Å²) in [5, 5.41) is 4.01. The van der Waals surface area contributed by atoms with Crippen LogP contribution in [0.4, 0.5) is 0 Å². The molecule has 3 fully saturated rings. The van der Waals surface area contributed by atoms with Crippen LogP contribution < -0.4 is 11.1 Å². The smallest absolute Gasteiger partial charge is 0.0309 e. The van der Waals surface area contributed by atoms with Gasteiger partial charge in [-0.2, -0.15) is 0 Å². The van der Waals surface area contributed by atoms with Gasteiger partial charge >= 0.3 is 0 Å². The van der Waals surface area contributed by atoms with Gasteiger partial charge in [0.15, 0.2) is 0 Å². The molecule has 3 aliphatic carbocycles. The Morgan fingerprint density at radius 2 is 1.67 bits per heavy atom. The van der Waals surface area contributed by atoms with Crippen molar-refractivity contribution in [1.82, 2.24) is 5.32 Å². The van der Waals surface area contributed by atoms with E-state index in [-0.39, 0.29) is 0 Å². The number of nitrogens with one attached hydrogen (secondary N) is 1. The van der Waals surface area contributed by atoms with Gasteiger partial charge in [0.2, 0.25) is 0 Å². The van der Waals surface area contributed by atoms with E-state index >= 15 is 0 Å². The Morgan fingerprint density at radius 1 is 0.889 bits per heavy atom. The van der Waals surface area contributed by atoms with Crippen LogP contribution in [0.2, 0.25) is 0 Å². The van der Waals surface area contributed by atoms with Gasteiger partial charge in [0, 0.05) is 18.1 Å². The van der Waals surface area contributed by atoms with Crippen LogP contribution in [0.25, 0.3) is 0 Å². The molecule has 3 saturated carbocycles. The summed E-state index contributed by atoms with van der Waals surface area (Å²) in [6.45, 7) is 0.854. The lowest BCUT2D eigenvalue weighted by Gasteiger charge is -2.44. The average Bonchev–Trinajstić information content (AvgIpc) is 3.24. The van der Waals surface area contributed by atoms with Crippen LogP contribution in [-0.2, 0) is 0 Å². The molecule has 0 aliphatic heterocycles. The molecule has 2 atom stereocenters. The lowest BCUT2D eigenvalue weighted by molar-refractivity contribution is 0.144. The van der Waals surface area contributed by atoms with Crippen LogP contribution in [0.1, 0.15) is 70.6 Å². The van der Waals surface area contributed by atoms with Gasteiger partial charge in [-0.1, -0.05) is 32.1 Å². The molecule has 104 valence electrons. The maximum absolute atomic E-state index is 6.18. The van der Waals surface area contributed by atoms with Crippen molar-refractivity contribution in [2.45, 2.75) is 82.2 Å². The van der Waals surface area contributed by atoms with Crippen molar-refractivity contribution < 1.29 is 0 Å². The maximum Gasteiger partial charge on any atom is 0.0309 e. The van der Waals surface area contributed by atoms with E-state index in [1.54, 1.807) is 0 Å². The summed E-state index contributed by atoms with van der Waals surface area (Å²) in [6.07, 6.45) is 15.6. The van der Waals surface area contributed by atoms with Crippen LogP contribution in [0, 0.1) is 11.8 Å². The van der Waals surface area contributed by atoms with Crippen molar-refractivity contribution in [3.05, 3.63) is 0 Å². The highest BCUT2D eigenvalue weighted by molar-refractivity contribution is 4.99. The molecule has 0 bridgehead atoms. The molecule has 0 radical (unpaired) electrons. The van der Waals surface area contributed by atoms with Crippen molar-refractivity contribution in [2.75, 3.05) is 6.54 Å². The Morgan fingerprint density at radius 3 is 2.33 bits per heavy atom. The normalized spacial score (nSPS) is 38.8. The predicted octanol–water partition coefficient (Wildman–Crippen LogP) is 3.21. The molecule has 3 aliphatic rings. The Balaban J connectivity index is 1.60. The largest absolute Gasteiger partial charge is 0.329 e. The molecule has 0 aromatic rings. The Kier molecular flexibility index (Phi) is 3.95. The van der Waals surface area contributed by atoms with Crippen molar-refractivity contribution in [2.24, 2.45) is 17.6 Å². The van der Waals surface area contributed by atoms with E-state index in [1.165, 1.54) is 70.6 Å². The summed E-state index contributed by atoms with van der Waals surface area (Å²) in [6, 6.07) is 0.764. The minimum atomic E-state index is 0.299. The second kappa shape index (κ2) is 5.50. The first kappa shape index (κ1) is 12.9. The first-order valence-corrected chi connectivity index (χ1v) is 8.29. The van der Waals surface area contributed by atoms with Gasteiger partial charge in [0.25, 0.3) is 0 Å². The minimum Gasteiger partial charge on any atom is -0.329 e. The lowest BCUT2D eigenvalue weighted by Crippen LogP contribution is -2.58. The van der Waals surface area contributed by atoms with Crippen LogP contribution in [0.5, 0.6) is 0 Å². The van der Waals surface area contributed by atoms with Gasteiger partial charge in [-0.3, -0.25) is 0 Å². The average molecular weight is 250 g/mol. The van der Waals surface area contributed by atoms with Gasteiger partial charge < -0.3 is 11.1 Å². The second-order valence-corrected chi connectivity index (χ2v) is 7.16. The topological polar surface area (TPSA) is 38.0 Å². The Bertz CT molecular complexity index is 268. The third-order valence-corrected chi connectivity index (χ3v) is 5.68. The quantitative estimate of drug-likeness (QED) is 0.804. The molecule has 0 spiro atoms. The first-order chi connectivity index (χ1) is 8.81. The zero-order chi connectivity index (χ0) is 12.4. The minimum absolute atomic E-state index is 0.299. The van der Waals surface area contributed by atoms with Gasteiger partial charge in [-0.25, -0.2) is 0 Å². The third-order valence-electron chi connectivity index (χ3n) is 5.68. The zero-order valence-electron chi connectivity index (χ0n) is 11.8. The standard InChI is InChI=1S/C16H30N2/c17-12-16(18-15-6-2-1-3-7-15)10-4-5-14(11-16)13-8-9-13/h13-15,18H,1-12,17H2. The molecule has 0 aromatic carbocycles. The third kappa shape index (κ3) is 2.91. The summed E-state index contributed by atoms with van der Waals surface area (Å²) in [4.78, 5) is 0. The second-order valence-electron chi connectivity index (χ2n) is 7.16. The molecule has 0 saturated heterocycles. The van der Waals surface area contributed by atoms with E-state index in [2.05, 4.69) is 5.32 Å². The molecule has 2 nitrogen and oxygen atoms in total. The van der Waals surface area contributed by atoms with Gasteiger partial charge in [0.1, 0.15) is 0 Å². The van der Waals surface area contributed by atoms with E-state index in [9.17, 15) is 0 Å². The first-order valence-electron chi connectivity index (χ1n) is 8.29. The summed E-state index contributed by atoms with van der Waals surface area (Å²) < 4.78 is 0. The lowest BCUT2D eigenvalue weighted by atomic mass is 9.73. The van der Waals surface area contributed by atoms with E-state index in [4.69, 9.17) is 5.73 Å². The predicted molar refractivity (Wildman–Crippen MR) is 76.5 cm³/mol. The van der Waals surface area contributed by atoms with Crippen molar-refractivity contribution >= 4 is 0 Å². The Labute approximate surface area is 112 Å². The van der Waals surface area contributed by atoms with E-state index in [1.807, 2.05) is 0 Å². The fraction of sp³-hybridized carbons (Fsp3) is 1.00. The highest BCUT2D eigenvalue weighted by Gasteiger charge is 2.42. The molecule has 3 N–H and O–H groups in total. The zero-order valence-corrected chi connectivity index (χ0v) is 11.8. The van der Waals surface area contributed by atoms with Crippen LogP contribution >= 0.6 is 0 Å². The van der Waals surface area contributed by atoms with Crippen molar-refractivity contribution in [3.63, 3.8) is 0 Å². The molecule has 0 amide bonds. The number of hydrogen-bond donors (Lipinski definition) is 2. The van der Waals surface area contributed by atoms with Crippen LogP contribution in [0.15, 0.2) is 0 Å². The highest BCUT2D eigenvalue weighted by Crippen LogP contribution is 2.46. The molecular weight excluding hydrogens is 220 g/mol. The summed E-state index contributed by atoms with van der Waals surface area (Å²) in [5.74, 6) is 2.04. The van der Waals surface area contributed by atoms with E-state index < -0.39 is 0 Å². The van der Waals surface area contributed by atoms with Crippen molar-refractivity contribution in [1.29, 1.82) is 0 Å². The molecule has 2 heteroatoms. The number of rotatable bonds is 4. The molecule has 0 aromatic heterocycles. The van der Waals surface area contributed by atoms with Crippen LogP contribution in [0.3, 0.4) is 0 Å². The SMILES string of the molecule is NCC1(NC2CCCCC2)CCCC(C2CC2)C1. The van der Waals surface area contributed by atoms with Gasteiger partial charge in [0.05, 0.1) is 0 Å². The van der Waals surface area contributed by atoms with Crippen LogP contribution in [-0.4, -0.2) is 18.1 Å². The maximum atomic E-state index is 6.18. The van der Waals surface area contributed by atoms with E-state index in [0.29, 0.717) is 5.54 Å². The molecule has 3 rings (SSSR count). The van der Waals surface area contributed by atoms with Gasteiger partial charge in [-0.15, -0.1) is 0 Å². The van der Waals surface area contributed by atoms with E-state index in [0.717, 1.165) is 24.4 Å². The van der Waals surface area contributed by atoms with Crippen molar-refractivity contribution in [3.8, 4) is 0 Å². The summed E-state index contributed by atoms with van der Waals surface area (Å²) >= 11 is 0. The molecular formula is C16H30N2. The molecule has 18 heavy (non-hydrogen) atoms. The molecule has 2 unspecified atom stereocenters. The summed E-state index contributed by atoms with van der Waals surface area (Å²) in [7, 11) is 0. The molecule has 0 heterocycles. The highest BCUT2D eigenvalue weighted by atomic mass is 15.0.